The number of hydrogen-bond donors (Lipinski definition) is 0. The van der Waals surface area contributed by atoms with E-state index in [-0.39, 0.29) is 5.88 Å². The first-order chi connectivity index (χ1) is 11.2. The molecule has 0 bridgehead atoms. The van der Waals surface area contributed by atoms with Crippen LogP contribution in [0.1, 0.15) is 11.1 Å². The number of nitrogens with zero attached hydrogens (tertiary/aromatic N) is 2. The Balaban J connectivity index is 2.28. The fourth-order valence-corrected chi connectivity index (χ4v) is 1.77. The first-order valence-electron chi connectivity index (χ1n) is 6.65. The molecule has 0 aliphatic carbocycles. The summed E-state index contributed by atoms with van der Waals surface area (Å²) in [6, 6.07) is 10.4. The van der Waals surface area contributed by atoms with Crippen LogP contribution in [-0.2, 0) is 9.53 Å². The normalized spacial score (nSPS) is 10.1. The summed E-state index contributed by atoms with van der Waals surface area (Å²) < 4.78 is 15.5. The van der Waals surface area contributed by atoms with E-state index in [1.807, 2.05) is 6.07 Å². The van der Waals surface area contributed by atoms with Gasteiger partial charge in [0.15, 0.2) is 11.5 Å². The molecule has 6 heteroatoms. The molecule has 0 fully saturated rings. The van der Waals surface area contributed by atoms with Gasteiger partial charge in [0.25, 0.3) is 0 Å². The van der Waals surface area contributed by atoms with Gasteiger partial charge in [0, 0.05) is 12.3 Å². The quantitative estimate of drug-likeness (QED) is 0.624. The number of ether oxygens (including phenoxy) is 3. The van der Waals surface area contributed by atoms with Gasteiger partial charge in [0.1, 0.15) is 11.6 Å². The Bertz CT molecular complexity index is 778. The van der Waals surface area contributed by atoms with Crippen LogP contribution in [0.15, 0.2) is 42.6 Å². The van der Waals surface area contributed by atoms with Gasteiger partial charge in [-0.25, -0.2) is 9.78 Å². The molecule has 116 valence electrons. The van der Waals surface area contributed by atoms with Gasteiger partial charge in [-0.05, 0) is 35.9 Å². The lowest BCUT2D eigenvalue weighted by Gasteiger charge is -2.11. The van der Waals surface area contributed by atoms with E-state index >= 15 is 0 Å². The molecule has 0 unspecified atom stereocenters. The maximum absolute atomic E-state index is 11.1. The first-order valence-corrected chi connectivity index (χ1v) is 6.65. The smallest absolute Gasteiger partial charge is 0.330 e. The van der Waals surface area contributed by atoms with Gasteiger partial charge in [-0.3, -0.25) is 0 Å². The average Bonchev–Trinajstić information content (AvgIpc) is 2.60. The lowest BCUT2D eigenvalue weighted by atomic mass is 10.2. The van der Waals surface area contributed by atoms with E-state index in [1.54, 1.807) is 36.4 Å². The summed E-state index contributed by atoms with van der Waals surface area (Å²) >= 11 is 0. The Hall–Kier alpha value is -3.33. The third-order valence-corrected chi connectivity index (χ3v) is 2.90. The summed E-state index contributed by atoms with van der Waals surface area (Å²) in [6.45, 7) is 0. The molecule has 0 radical (unpaired) electrons. The molecule has 2 rings (SSSR count). The van der Waals surface area contributed by atoms with Crippen molar-refractivity contribution in [2.24, 2.45) is 0 Å². The summed E-state index contributed by atoms with van der Waals surface area (Å²) in [5.74, 6) is 0.618. The number of carbonyl (C=O) groups is 1. The highest BCUT2D eigenvalue weighted by Crippen LogP contribution is 2.32. The number of pyridine rings is 1. The monoisotopic (exact) mass is 310 g/mol. The minimum atomic E-state index is -0.448. The molecule has 0 saturated heterocycles. The zero-order valence-electron chi connectivity index (χ0n) is 12.6. The summed E-state index contributed by atoms with van der Waals surface area (Å²) in [5.41, 5.74) is 1.06. The molecule has 23 heavy (non-hydrogen) atoms. The van der Waals surface area contributed by atoms with Crippen LogP contribution >= 0.6 is 0 Å². The number of rotatable bonds is 5. The number of hydrogen-bond acceptors (Lipinski definition) is 6. The lowest BCUT2D eigenvalue weighted by molar-refractivity contribution is -0.134. The van der Waals surface area contributed by atoms with Crippen LogP contribution in [0, 0.1) is 11.3 Å². The number of aromatic nitrogens is 1. The Labute approximate surface area is 133 Å². The molecule has 0 aliphatic rings. The molecule has 0 aliphatic heterocycles. The van der Waals surface area contributed by atoms with Gasteiger partial charge >= 0.3 is 5.97 Å². The molecule has 1 aromatic heterocycles. The Kier molecular flexibility index (Phi) is 5.31. The topological polar surface area (TPSA) is 81.4 Å². The number of esters is 1. The third kappa shape index (κ3) is 4.08. The van der Waals surface area contributed by atoms with Gasteiger partial charge in [-0.2, -0.15) is 5.26 Å². The van der Waals surface area contributed by atoms with Crippen molar-refractivity contribution in [1.29, 1.82) is 5.26 Å². The maximum atomic E-state index is 11.1. The average molecular weight is 310 g/mol. The Morgan fingerprint density at radius 2 is 2.09 bits per heavy atom. The molecular weight excluding hydrogens is 296 g/mol. The highest BCUT2D eigenvalue weighted by Gasteiger charge is 2.10. The third-order valence-electron chi connectivity index (χ3n) is 2.90. The van der Waals surface area contributed by atoms with Crippen LogP contribution in [0.4, 0.5) is 0 Å². The minimum Gasteiger partial charge on any atom is -0.493 e. The molecule has 1 heterocycles. The summed E-state index contributed by atoms with van der Waals surface area (Å²) in [7, 11) is 2.81. The lowest BCUT2D eigenvalue weighted by Crippen LogP contribution is -1.95. The van der Waals surface area contributed by atoms with E-state index in [4.69, 9.17) is 14.7 Å². The summed E-state index contributed by atoms with van der Waals surface area (Å²) in [4.78, 5) is 15.2. The first kappa shape index (κ1) is 16.0. The molecule has 0 spiro atoms. The number of benzene rings is 1. The predicted molar refractivity (Wildman–Crippen MR) is 83.1 cm³/mol. The fourth-order valence-electron chi connectivity index (χ4n) is 1.77. The number of carbonyl (C=O) groups excluding carboxylic acids is 1. The number of methoxy groups -OCH3 is 2. The molecule has 0 saturated carbocycles. The summed E-state index contributed by atoms with van der Waals surface area (Å²) in [6.07, 6.45) is 4.44. The van der Waals surface area contributed by atoms with Crippen LogP contribution in [0.25, 0.3) is 6.08 Å². The number of nitriles is 1. The van der Waals surface area contributed by atoms with E-state index in [0.717, 1.165) is 5.56 Å². The zero-order valence-corrected chi connectivity index (χ0v) is 12.6. The van der Waals surface area contributed by atoms with E-state index in [1.165, 1.54) is 26.5 Å². The second-order valence-electron chi connectivity index (χ2n) is 4.34. The van der Waals surface area contributed by atoms with E-state index in [9.17, 15) is 4.79 Å². The predicted octanol–water partition coefficient (Wildman–Crippen LogP) is 2.94. The highest BCUT2D eigenvalue weighted by atomic mass is 16.5. The van der Waals surface area contributed by atoms with Crippen molar-refractivity contribution in [1.82, 2.24) is 4.98 Å². The van der Waals surface area contributed by atoms with Crippen LogP contribution < -0.4 is 9.47 Å². The molecule has 6 nitrogen and oxygen atoms in total. The largest absolute Gasteiger partial charge is 0.493 e. The van der Waals surface area contributed by atoms with Crippen molar-refractivity contribution in [3.63, 3.8) is 0 Å². The zero-order chi connectivity index (χ0) is 16.7. The van der Waals surface area contributed by atoms with E-state index in [2.05, 4.69) is 9.72 Å². The highest BCUT2D eigenvalue weighted by molar-refractivity contribution is 5.87. The SMILES string of the molecule is COC(=O)C=Cc1ccc(Oc2ncccc2C#N)c(OC)c1. The van der Waals surface area contributed by atoms with Crippen LogP contribution in [0.3, 0.4) is 0 Å². The fraction of sp³-hybridized carbons (Fsp3) is 0.118. The van der Waals surface area contributed by atoms with Crippen molar-refractivity contribution in [2.75, 3.05) is 14.2 Å². The standard InChI is InChI=1S/C17H14N2O4/c1-21-15-10-12(6-8-16(20)22-2)5-7-14(15)23-17-13(11-18)4-3-9-19-17/h3-10H,1-2H3. The Morgan fingerprint density at radius 1 is 1.26 bits per heavy atom. The van der Waals surface area contributed by atoms with Gasteiger partial charge in [0.05, 0.1) is 14.2 Å². The van der Waals surface area contributed by atoms with Crippen molar-refractivity contribution >= 4 is 12.0 Å². The van der Waals surface area contributed by atoms with Crippen LogP contribution in [0.5, 0.6) is 17.4 Å². The molecule has 0 N–H and O–H groups in total. The molecule has 0 atom stereocenters. The second-order valence-corrected chi connectivity index (χ2v) is 4.34. The van der Waals surface area contributed by atoms with Gasteiger partial charge in [-0.15, -0.1) is 0 Å². The van der Waals surface area contributed by atoms with Crippen LogP contribution in [0.2, 0.25) is 0 Å². The molecular formula is C17H14N2O4. The van der Waals surface area contributed by atoms with Gasteiger partial charge < -0.3 is 14.2 Å². The van der Waals surface area contributed by atoms with Crippen molar-refractivity contribution in [3.05, 3.63) is 53.7 Å². The van der Waals surface area contributed by atoms with Crippen molar-refractivity contribution in [2.45, 2.75) is 0 Å². The minimum absolute atomic E-state index is 0.200. The van der Waals surface area contributed by atoms with Crippen molar-refractivity contribution in [3.8, 4) is 23.4 Å². The van der Waals surface area contributed by atoms with Gasteiger partial charge in [-0.1, -0.05) is 6.07 Å². The van der Waals surface area contributed by atoms with Gasteiger partial charge in [0.2, 0.25) is 5.88 Å². The Morgan fingerprint density at radius 3 is 2.78 bits per heavy atom. The molecule has 2 aromatic rings. The van der Waals surface area contributed by atoms with Crippen molar-refractivity contribution < 1.29 is 19.0 Å². The molecule has 0 amide bonds. The molecule has 1 aromatic carbocycles. The summed E-state index contributed by atoms with van der Waals surface area (Å²) in [5, 5.41) is 9.06. The van der Waals surface area contributed by atoms with E-state index < -0.39 is 5.97 Å². The van der Waals surface area contributed by atoms with E-state index in [0.29, 0.717) is 17.1 Å². The maximum Gasteiger partial charge on any atom is 0.330 e. The second kappa shape index (κ2) is 7.61. The van der Waals surface area contributed by atoms with Crippen LogP contribution in [-0.4, -0.2) is 25.2 Å².